The lowest BCUT2D eigenvalue weighted by Gasteiger charge is -2.05. The van der Waals surface area contributed by atoms with Crippen LogP contribution >= 0.6 is 11.6 Å². The Bertz CT molecular complexity index is 479. The van der Waals surface area contributed by atoms with Gasteiger partial charge in [-0.25, -0.2) is 4.98 Å². The topological polar surface area (TPSA) is 33.1 Å². The third-order valence-electron chi connectivity index (χ3n) is 2.25. The fourth-order valence-corrected chi connectivity index (χ4v) is 1.61. The Morgan fingerprint density at radius 1 is 1.20 bits per heavy atom. The molecule has 0 unspecified atom stereocenters. The van der Waals surface area contributed by atoms with Gasteiger partial charge in [-0.2, -0.15) is 0 Å². The molecule has 0 fully saturated rings. The third kappa shape index (κ3) is 2.10. The average molecular weight is 220 g/mol. The van der Waals surface area contributed by atoms with Gasteiger partial charge in [0, 0.05) is 6.20 Å². The van der Waals surface area contributed by atoms with Crippen LogP contribution in [0.1, 0.15) is 5.56 Å². The second-order valence-corrected chi connectivity index (χ2v) is 3.76. The highest BCUT2D eigenvalue weighted by Crippen LogP contribution is 2.26. The normalized spacial score (nSPS) is 10.3. The van der Waals surface area contributed by atoms with Crippen LogP contribution in [-0.4, -0.2) is 10.1 Å². The van der Waals surface area contributed by atoms with E-state index in [4.69, 9.17) is 11.6 Å². The van der Waals surface area contributed by atoms with Crippen molar-refractivity contribution in [3.05, 3.63) is 47.2 Å². The van der Waals surface area contributed by atoms with Gasteiger partial charge in [0.05, 0.1) is 0 Å². The SMILES string of the molecule is Cc1cnc(Cl)cc1-c1ccc(O)cc1. The molecule has 0 atom stereocenters. The van der Waals surface area contributed by atoms with Gasteiger partial charge in [0.1, 0.15) is 10.9 Å². The Kier molecular flexibility index (Phi) is 2.60. The number of phenols is 1. The van der Waals surface area contributed by atoms with Crippen molar-refractivity contribution < 1.29 is 5.11 Å². The first-order chi connectivity index (χ1) is 7.16. The van der Waals surface area contributed by atoms with E-state index in [2.05, 4.69) is 4.98 Å². The summed E-state index contributed by atoms with van der Waals surface area (Å²) in [4.78, 5) is 4.00. The number of nitrogens with zero attached hydrogens (tertiary/aromatic N) is 1. The van der Waals surface area contributed by atoms with Crippen molar-refractivity contribution in [2.75, 3.05) is 0 Å². The molecule has 3 heteroatoms. The number of phenolic OH excluding ortho intramolecular Hbond substituents is 1. The number of aromatic nitrogens is 1. The molecule has 1 heterocycles. The van der Waals surface area contributed by atoms with E-state index < -0.39 is 0 Å². The van der Waals surface area contributed by atoms with Crippen LogP contribution in [0, 0.1) is 6.92 Å². The lowest BCUT2D eigenvalue weighted by atomic mass is 10.0. The van der Waals surface area contributed by atoms with Crippen LogP contribution in [-0.2, 0) is 0 Å². The van der Waals surface area contributed by atoms with Crippen LogP contribution in [0.5, 0.6) is 5.75 Å². The van der Waals surface area contributed by atoms with Crippen LogP contribution < -0.4 is 0 Å². The monoisotopic (exact) mass is 219 g/mol. The van der Waals surface area contributed by atoms with E-state index >= 15 is 0 Å². The summed E-state index contributed by atoms with van der Waals surface area (Å²) in [5.74, 6) is 0.261. The molecule has 0 bridgehead atoms. The van der Waals surface area contributed by atoms with E-state index in [1.54, 1.807) is 18.3 Å². The molecule has 0 spiro atoms. The molecule has 1 aromatic heterocycles. The first kappa shape index (κ1) is 9.99. The molecule has 2 rings (SSSR count). The van der Waals surface area contributed by atoms with Crippen molar-refractivity contribution in [2.24, 2.45) is 0 Å². The lowest BCUT2D eigenvalue weighted by Crippen LogP contribution is -1.85. The lowest BCUT2D eigenvalue weighted by molar-refractivity contribution is 0.475. The maximum atomic E-state index is 9.19. The summed E-state index contributed by atoms with van der Waals surface area (Å²) < 4.78 is 0. The zero-order valence-corrected chi connectivity index (χ0v) is 8.99. The Balaban J connectivity index is 2.53. The number of aromatic hydroxyl groups is 1. The van der Waals surface area contributed by atoms with Gasteiger partial charge in [0.2, 0.25) is 0 Å². The fourth-order valence-electron chi connectivity index (χ4n) is 1.45. The minimum atomic E-state index is 0.261. The van der Waals surface area contributed by atoms with Gasteiger partial charge in [-0.3, -0.25) is 0 Å². The average Bonchev–Trinajstić information content (AvgIpc) is 2.23. The number of rotatable bonds is 1. The second-order valence-electron chi connectivity index (χ2n) is 3.37. The highest BCUT2D eigenvalue weighted by molar-refractivity contribution is 6.29. The maximum absolute atomic E-state index is 9.19. The molecule has 1 aromatic carbocycles. The number of hydrogen-bond acceptors (Lipinski definition) is 2. The van der Waals surface area contributed by atoms with E-state index in [9.17, 15) is 5.11 Å². The minimum absolute atomic E-state index is 0.261. The number of pyridine rings is 1. The Morgan fingerprint density at radius 2 is 1.87 bits per heavy atom. The van der Waals surface area contributed by atoms with Gasteiger partial charge in [-0.1, -0.05) is 23.7 Å². The van der Waals surface area contributed by atoms with E-state index in [0.29, 0.717) is 5.15 Å². The molecule has 76 valence electrons. The second kappa shape index (κ2) is 3.91. The molecule has 1 N–H and O–H groups in total. The van der Waals surface area contributed by atoms with Gasteiger partial charge in [-0.05, 0) is 41.8 Å². The van der Waals surface area contributed by atoms with Crippen LogP contribution in [0.2, 0.25) is 5.15 Å². The fraction of sp³-hybridized carbons (Fsp3) is 0.0833. The predicted octanol–water partition coefficient (Wildman–Crippen LogP) is 3.42. The maximum Gasteiger partial charge on any atom is 0.129 e. The highest BCUT2D eigenvalue weighted by atomic mass is 35.5. The molecule has 2 aromatic rings. The van der Waals surface area contributed by atoms with Gasteiger partial charge in [0.15, 0.2) is 0 Å². The summed E-state index contributed by atoms with van der Waals surface area (Å²) in [5, 5.41) is 9.66. The van der Waals surface area contributed by atoms with Crippen molar-refractivity contribution in [1.82, 2.24) is 4.98 Å². The summed E-state index contributed by atoms with van der Waals surface area (Å²) in [7, 11) is 0. The zero-order chi connectivity index (χ0) is 10.8. The summed E-state index contributed by atoms with van der Waals surface area (Å²) in [6, 6.07) is 8.84. The van der Waals surface area contributed by atoms with E-state index in [0.717, 1.165) is 16.7 Å². The highest BCUT2D eigenvalue weighted by Gasteiger charge is 2.03. The Morgan fingerprint density at radius 3 is 2.53 bits per heavy atom. The van der Waals surface area contributed by atoms with Gasteiger partial charge < -0.3 is 5.11 Å². The van der Waals surface area contributed by atoms with Crippen LogP contribution in [0.15, 0.2) is 36.5 Å². The van der Waals surface area contributed by atoms with Crippen molar-refractivity contribution in [3.63, 3.8) is 0 Å². The minimum Gasteiger partial charge on any atom is -0.508 e. The predicted molar refractivity (Wildman–Crippen MR) is 61.1 cm³/mol. The molecule has 2 nitrogen and oxygen atoms in total. The molecule has 0 saturated carbocycles. The molecular formula is C12H10ClNO. The summed E-state index contributed by atoms with van der Waals surface area (Å²) in [5.41, 5.74) is 3.12. The molecule has 15 heavy (non-hydrogen) atoms. The summed E-state index contributed by atoms with van der Waals surface area (Å²) >= 11 is 5.84. The largest absolute Gasteiger partial charge is 0.508 e. The smallest absolute Gasteiger partial charge is 0.129 e. The first-order valence-electron chi connectivity index (χ1n) is 4.58. The quantitative estimate of drug-likeness (QED) is 0.746. The number of aryl methyl sites for hydroxylation is 1. The summed E-state index contributed by atoms with van der Waals surface area (Å²) in [6.45, 7) is 1.98. The van der Waals surface area contributed by atoms with Crippen molar-refractivity contribution >= 4 is 11.6 Å². The molecular weight excluding hydrogens is 210 g/mol. The molecule has 0 radical (unpaired) electrons. The van der Waals surface area contributed by atoms with Crippen molar-refractivity contribution in [1.29, 1.82) is 0 Å². The van der Waals surface area contributed by atoms with E-state index in [1.165, 1.54) is 0 Å². The Hall–Kier alpha value is -1.54. The zero-order valence-electron chi connectivity index (χ0n) is 8.24. The molecule has 0 aliphatic rings. The van der Waals surface area contributed by atoms with E-state index in [1.807, 2.05) is 25.1 Å². The molecule has 0 aliphatic heterocycles. The van der Waals surface area contributed by atoms with Gasteiger partial charge in [0.25, 0.3) is 0 Å². The standard InChI is InChI=1S/C12H10ClNO/c1-8-7-14-12(13)6-11(8)9-2-4-10(15)5-3-9/h2-7,15H,1H3. The van der Waals surface area contributed by atoms with Crippen molar-refractivity contribution in [2.45, 2.75) is 6.92 Å². The van der Waals surface area contributed by atoms with Gasteiger partial charge in [-0.15, -0.1) is 0 Å². The van der Waals surface area contributed by atoms with E-state index in [-0.39, 0.29) is 5.75 Å². The van der Waals surface area contributed by atoms with Crippen LogP contribution in [0.4, 0.5) is 0 Å². The number of hydrogen-bond donors (Lipinski definition) is 1. The summed E-state index contributed by atoms with van der Waals surface area (Å²) in [6.07, 6.45) is 1.74. The molecule has 0 saturated heterocycles. The van der Waals surface area contributed by atoms with Gasteiger partial charge >= 0.3 is 0 Å². The molecule has 0 aliphatic carbocycles. The van der Waals surface area contributed by atoms with Crippen LogP contribution in [0.25, 0.3) is 11.1 Å². The first-order valence-corrected chi connectivity index (χ1v) is 4.96. The van der Waals surface area contributed by atoms with Crippen molar-refractivity contribution in [3.8, 4) is 16.9 Å². The number of benzene rings is 1. The Labute approximate surface area is 93.2 Å². The third-order valence-corrected chi connectivity index (χ3v) is 2.45. The number of halogens is 1. The van der Waals surface area contributed by atoms with Crippen LogP contribution in [0.3, 0.4) is 0 Å². The molecule has 0 amide bonds.